The minimum atomic E-state index is 0.488. The van der Waals surface area contributed by atoms with Crippen LogP contribution in [0.4, 0.5) is 0 Å². The SMILES string of the molecule is C#CCC(C)NC1CCCC1CC. The second-order valence-corrected chi connectivity index (χ2v) is 4.18. The molecule has 1 heteroatoms. The maximum atomic E-state index is 5.28. The summed E-state index contributed by atoms with van der Waals surface area (Å²) in [6, 6.07) is 1.22. The first-order valence-electron chi connectivity index (χ1n) is 5.47. The van der Waals surface area contributed by atoms with E-state index in [1.807, 2.05) is 0 Å². The Morgan fingerprint density at radius 3 is 2.92 bits per heavy atom. The molecule has 0 saturated heterocycles. The van der Waals surface area contributed by atoms with E-state index in [-0.39, 0.29) is 0 Å². The zero-order valence-electron chi connectivity index (χ0n) is 8.84. The van der Waals surface area contributed by atoms with Crippen molar-refractivity contribution in [1.82, 2.24) is 5.32 Å². The lowest BCUT2D eigenvalue weighted by molar-refractivity contribution is 0.359. The number of hydrogen-bond acceptors (Lipinski definition) is 1. The molecule has 13 heavy (non-hydrogen) atoms. The van der Waals surface area contributed by atoms with E-state index in [4.69, 9.17) is 6.42 Å². The molecule has 0 aliphatic heterocycles. The standard InChI is InChI=1S/C12H21N/c1-4-7-10(3)13-12-9-6-8-11(12)5-2/h1,10-13H,5-9H2,2-3H3. The van der Waals surface area contributed by atoms with Crippen LogP contribution in [0.2, 0.25) is 0 Å². The minimum Gasteiger partial charge on any atom is -0.310 e. The highest BCUT2D eigenvalue weighted by molar-refractivity contribution is 4.91. The number of nitrogens with one attached hydrogen (secondary N) is 1. The second kappa shape index (κ2) is 5.29. The molecular weight excluding hydrogens is 158 g/mol. The minimum absolute atomic E-state index is 0.488. The summed E-state index contributed by atoms with van der Waals surface area (Å²) in [5.74, 6) is 3.60. The van der Waals surface area contributed by atoms with E-state index >= 15 is 0 Å². The Balaban J connectivity index is 2.31. The normalized spacial score (nSPS) is 29.9. The predicted molar refractivity (Wildman–Crippen MR) is 57.5 cm³/mol. The number of hydrogen-bond donors (Lipinski definition) is 1. The Hall–Kier alpha value is -0.480. The average Bonchev–Trinajstić information content (AvgIpc) is 2.52. The van der Waals surface area contributed by atoms with Crippen molar-refractivity contribution in [1.29, 1.82) is 0 Å². The molecule has 0 bridgehead atoms. The predicted octanol–water partition coefficient (Wildman–Crippen LogP) is 2.57. The average molecular weight is 179 g/mol. The summed E-state index contributed by atoms with van der Waals surface area (Å²) in [4.78, 5) is 0. The van der Waals surface area contributed by atoms with Crippen molar-refractivity contribution in [3.05, 3.63) is 0 Å². The van der Waals surface area contributed by atoms with Crippen LogP contribution in [0.3, 0.4) is 0 Å². The van der Waals surface area contributed by atoms with Gasteiger partial charge in [0.05, 0.1) is 0 Å². The summed E-state index contributed by atoms with van der Waals surface area (Å²) < 4.78 is 0. The lowest BCUT2D eigenvalue weighted by atomic mass is 10.00. The van der Waals surface area contributed by atoms with Gasteiger partial charge in [0.2, 0.25) is 0 Å². The van der Waals surface area contributed by atoms with E-state index in [0.29, 0.717) is 6.04 Å². The molecule has 1 nitrogen and oxygen atoms in total. The Morgan fingerprint density at radius 1 is 1.54 bits per heavy atom. The third-order valence-electron chi connectivity index (χ3n) is 3.11. The summed E-state index contributed by atoms with van der Waals surface area (Å²) in [6.07, 6.45) is 11.6. The third-order valence-corrected chi connectivity index (χ3v) is 3.11. The molecule has 1 fully saturated rings. The molecule has 1 aliphatic rings. The van der Waals surface area contributed by atoms with Crippen LogP contribution in [0.25, 0.3) is 0 Å². The lowest BCUT2D eigenvalue weighted by Crippen LogP contribution is -2.38. The molecule has 3 atom stereocenters. The van der Waals surface area contributed by atoms with E-state index in [2.05, 4.69) is 25.1 Å². The van der Waals surface area contributed by atoms with Crippen LogP contribution < -0.4 is 5.32 Å². The zero-order chi connectivity index (χ0) is 9.68. The fraction of sp³-hybridized carbons (Fsp3) is 0.833. The van der Waals surface area contributed by atoms with Gasteiger partial charge in [-0.1, -0.05) is 19.8 Å². The molecule has 0 spiro atoms. The fourth-order valence-electron chi connectivity index (χ4n) is 2.35. The van der Waals surface area contributed by atoms with Crippen LogP contribution in [-0.2, 0) is 0 Å². The van der Waals surface area contributed by atoms with Gasteiger partial charge in [-0.3, -0.25) is 0 Å². The molecule has 0 aromatic carbocycles. The topological polar surface area (TPSA) is 12.0 Å². The highest BCUT2D eigenvalue weighted by atomic mass is 15.0. The summed E-state index contributed by atoms with van der Waals surface area (Å²) >= 11 is 0. The molecule has 0 heterocycles. The molecule has 74 valence electrons. The number of terminal acetylenes is 1. The molecule has 0 amide bonds. The number of rotatable bonds is 4. The van der Waals surface area contributed by atoms with Crippen molar-refractivity contribution in [2.45, 2.75) is 58.0 Å². The first-order valence-corrected chi connectivity index (χ1v) is 5.47. The van der Waals surface area contributed by atoms with Gasteiger partial charge in [0, 0.05) is 18.5 Å². The molecule has 1 aliphatic carbocycles. The summed E-state index contributed by atoms with van der Waals surface area (Å²) in [7, 11) is 0. The van der Waals surface area contributed by atoms with Crippen LogP contribution in [0.5, 0.6) is 0 Å². The Morgan fingerprint density at radius 2 is 2.31 bits per heavy atom. The third kappa shape index (κ3) is 3.04. The largest absolute Gasteiger partial charge is 0.310 e. The van der Waals surface area contributed by atoms with Crippen molar-refractivity contribution in [2.75, 3.05) is 0 Å². The van der Waals surface area contributed by atoms with Crippen molar-refractivity contribution >= 4 is 0 Å². The van der Waals surface area contributed by atoms with Gasteiger partial charge in [-0.05, 0) is 25.7 Å². The first kappa shape index (κ1) is 10.6. The smallest absolute Gasteiger partial charge is 0.0238 e. The molecule has 0 aromatic rings. The summed E-state index contributed by atoms with van der Waals surface area (Å²) in [6.45, 7) is 4.47. The van der Waals surface area contributed by atoms with Crippen molar-refractivity contribution in [2.24, 2.45) is 5.92 Å². The molecule has 0 aromatic heterocycles. The molecule has 1 rings (SSSR count). The van der Waals surface area contributed by atoms with Crippen LogP contribution in [0, 0.1) is 18.3 Å². The molecule has 1 N–H and O–H groups in total. The summed E-state index contributed by atoms with van der Waals surface area (Å²) in [5.41, 5.74) is 0. The van der Waals surface area contributed by atoms with Crippen LogP contribution in [0.15, 0.2) is 0 Å². The second-order valence-electron chi connectivity index (χ2n) is 4.18. The van der Waals surface area contributed by atoms with Crippen molar-refractivity contribution < 1.29 is 0 Å². The molecular formula is C12H21N. The van der Waals surface area contributed by atoms with Gasteiger partial charge in [0.25, 0.3) is 0 Å². The first-order chi connectivity index (χ1) is 6.27. The van der Waals surface area contributed by atoms with E-state index in [9.17, 15) is 0 Å². The van der Waals surface area contributed by atoms with Crippen LogP contribution in [0.1, 0.15) is 46.0 Å². The van der Waals surface area contributed by atoms with E-state index in [1.54, 1.807) is 0 Å². The maximum Gasteiger partial charge on any atom is 0.0238 e. The van der Waals surface area contributed by atoms with Gasteiger partial charge >= 0.3 is 0 Å². The highest BCUT2D eigenvalue weighted by Crippen LogP contribution is 2.28. The van der Waals surface area contributed by atoms with Gasteiger partial charge in [-0.2, -0.15) is 0 Å². The van der Waals surface area contributed by atoms with Crippen molar-refractivity contribution in [3.63, 3.8) is 0 Å². The Bertz CT molecular complexity index is 180. The molecule has 1 saturated carbocycles. The fourth-order valence-corrected chi connectivity index (χ4v) is 2.35. The van der Waals surface area contributed by atoms with Crippen LogP contribution >= 0.6 is 0 Å². The molecule has 3 unspecified atom stereocenters. The lowest BCUT2D eigenvalue weighted by Gasteiger charge is -2.23. The highest BCUT2D eigenvalue weighted by Gasteiger charge is 2.26. The van der Waals surface area contributed by atoms with Gasteiger partial charge in [-0.25, -0.2) is 0 Å². The summed E-state index contributed by atoms with van der Waals surface area (Å²) in [5, 5.41) is 3.64. The van der Waals surface area contributed by atoms with Gasteiger partial charge in [0.15, 0.2) is 0 Å². The molecule has 0 radical (unpaired) electrons. The Labute approximate surface area is 82.3 Å². The van der Waals surface area contributed by atoms with Crippen molar-refractivity contribution in [3.8, 4) is 12.3 Å². The maximum absolute atomic E-state index is 5.28. The van der Waals surface area contributed by atoms with Gasteiger partial charge in [-0.15, -0.1) is 12.3 Å². The zero-order valence-corrected chi connectivity index (χ0v) is 8.84. The van der Waals surface area contributed by atoms with E-state index in [1.165, 1.54) is 25.7 Å². The van der Waals surface area contributed by atoms with E-state index < -0.39 is 0 Å². The quantitative estimate of drug-likeness (QED) is 0.654. The van der Waals surface area contributed by atoms with Gasteiger partial charge < -0.3 is 5.32 Å². The van der Waals surface area contributed by atoms with Gasteiger partial charge in [0.1, 0.15) is 0 Å². The van der Waals surface area contributed by atoms with E-state index in [0.717, 1.165) is 18.4 Å². The monoisotopic (exact) mass is 179 g/mol. The van der Waals surface area contributed by atoms with Crippen LogP contribution in [-0.4, -0.2) is 12.1 Å². The Kier molecular flexibility index (Phi) is 4.32.